The number of hydrogen-bond acceptors (Lipinski definition) is 4. The predicted octanol–water partition coefficient (Wildman–Crippen LogP) is 4.30. The summed E-state index contributed by atoms with van der Waals surface area (Å²) in [6.45, 7) is 7.03. The molecular weight excluding hydrogens is 374 g/mol. The summed E-state index contributed by atoms with van der Waals surface area (Å²) in [4.78, 5) is 17.5. The third-order valence-corrected chi connectivity index (χ3v) is 6.82. The van der Waals surface area contributed by atoms with Crippen LogP contribution in [0.3, 0.4) is 0 Å². The van der Waals surface area contributed by atoms with E-state index in [9.17, 15) is 4.79 Å². The summed E-state index contributed by atoms with van der Waals surface area (Å²) in [5.74, 6) is 1.88. The highest BCUT2D eigenvalue weighted by Crippen LogP contribution is 2.30. The molecule has 2 fully saturated rings. The quantitative estimate of drug-likeness (QED) is 0.652. The van der Waals surface area contributed by atoms with Crippen LogP contribution in [-0.4, -0.2) is 47.0 Å². The lowest BCUT2D eigenvalue weighted by molar-refractivity contribution is -0.132. The Morgan fingerprint density at radius 1 is 1.10 bits per heavy atom. The van der Waals surface area contributed by atoms with Gasteiger partial charge < -0.3 is 14.3 Å². The molecule has 2 aliphatic rings. The zero-order chi connectivity index (χ0) is 21.1. The van der Waals surface area contributed by atoms with Gasteiger partial charge in [-0.1, -0.05) is 29.4 Å². The number of piperidine rings is 1. The topological polar surface area (TPSA) is 49.6 Å². The molecule has 4 rings (SSSR count). The molecule has 0 radical (unpaired) electrons. The van der Waals surface area contributed by atoms with Gasteiger partial charge in [0.05, 0.1) is 5.69 Å². The second-order valence-corrected chi connectivity index (χ2v) is 9.32. The molecule has 0 atom stereocenters. The lowest BCUT2D eigenvalue weighted by Crippen LogP contribution is -2.32. The first-order valence-electron chi connectivity index (χ1n) is 11.5. The Kier molecular flexibility index (Phi) is 6.57. The Hall–Kier alpha value is -2.14. The number of nitrogens with zero attached hydrogens (tertiary/aromatic N) is 3. The summed E-state index contributed by atoms with van der Waals surface area (Å²) < 4.78 is 5.24. The minimum atomic E-state index is 0.243. The van der Waals surface area contributed by atoms with E-state index in [2.05, 4.69) is 46.3 Å². The van der Waals surface area contributed by atoms with Gasteiger partial charge in [0.2, 0.25) is 5.91 Å². The van der Waals surface area contributed by atoms with E-state index in [4.69, 9.17) is 4.52 Å². The summed E-state index contributed by atoms with van der Waals surface area (Å²) in [5, 5.41) is 4.01. The molecule has 1 saturated heterocycles. The molecule has 30 heavy (non-hydrogen) atoms. The Bertz CT molecular complexity index is 826. The molecule has 1 aromatic carbocycles. The van der Waals surface area contributed by atoms with Gasteiger partial charge in [0.1, 0.15) is 5.76 Å². The Balaban J connectivity index is 1.32. The van der Waals surface area contributed by atoms with Crippen LogP contribution < -0.4 is 0 Å². The normalized spacial score (nSPS) is 18.0. The lowest BCUT2D eigenvalue weighted by atomic mass is 9.90. The van der Waals surface area contributed by atoms with Crippen molar-refractivity contribution in [3.8, 4) is 0 Å². The van der Waals surface area contributed by atoms with Gasteiger partial charge in [-0.15, -0.1) is 0 Å². The molecule has 0 unspecified atom stereocenters. The molecule has 5 heteroatoms. The molecule has 1 amide bonds. The third-order valence-electron chi connectivity index (χ3n) is 6.82. The fourth-order valence-corrected chi connectivity index (χ4v) is 4.62. The molecular formula is C25H35N3O2. The second kappa shape index (κ2) is 9.34. The van der Waals surface area contributed by atoms with Crippen molar-refractivity contribution in [3.05, 3.63) is 52.4 Å². The van der Waals surface area contributed by atoms with Gasteiger partial charge >= 0.3 is 0 Å². The molecule has 1 aliphatic heterocycles. The largest absolute Gasteiger partial charge is 0.361 e. The average Bonchev–Trinajstić information content (AvgIpc) is 3.53. The first-order valence-corrected chi connectivity index (χ1v) is 11.5. The summed E-state index contributed by atoms with van der Waals surface area (Å²) >= 11 is 0. The van der Waals surface area contributed by atoms with Gasteiger partial charge in [-0.25, -0.2) is 0 Å². The van der Waals surface area contributed by atoms with Crippen LogP contribution >= 0.6 is 0 Å². The monoisotopic (exact) mass is 409 g/mol. The van der Waals surface area contributed by atoms with E-state index in [1.165, 1.54) is 43.5 Å². The highest BCUT2D eigenvalue weighted by atomic mass is 16.5. The van der Waals surface area contributed by atoms with Gasteiger partial charge in [-0.2, -0.15) is 0 Å². The zero-order valence-corrected chi connectivity index (χ0v) is 18.7. The smallest absolute Gasteiger partial charge is 0.223 e. The number of aromatic nitrogens is 1. The number of amides is 1. The van der Waals surface area contributed by atoms with Crippen LogP contribution in [0.25, 0.3) is 0 Å². The van der Waals surface area contributed by atoms with E-state index in [1.54, 1.807) is 0 Å². The number of aryl methyl sites for hydroxylation is 2. The Morgan fingerprint density at radius 2 is 1.77 bits per heavy atom. The highest BCUT2D eigenvalue weighted by molar-refractivity contribution is 5.77. The maximum absolute atomic E-state index is 13.0. The van der Waals surface area contributed by atoms with E-state index in [0.29, 0.717) is 18.9 Å². The zero-order valence-electron chi connectivity index (χ0n) is 18.7. The molecule has 2 aromatic rings. The minimum Gasteiger partial charge on any atom is -0.361 e. The Labute approximate surface area is 180 Å². The van der Waals surface area contributed by atoms with Crippen LogP contribution in [0.15, 0.2) is 28.8 Å². The molecule has 1 aromatic heterocycles. The van der Waals surface area contributed by atoms with Crippen LogP contribution in [-0.2, 0) is 24.2 Å². The first-order chi connectivity index (χ1) is 14.5. The fraction of sp³-hybridized carbons (Fsp3) is 0.600. The van der Waals surface area contributed by atoms with Crippen LogP contribution in [0.4, 0.5) is 0 Å². The molecule has 162 valence electrons. The third kappa shape index (κ3) is 5.31. The number of carbonyl (C=O) groups excluding carboxylic acids is 1. The van der Waals surface area contributed by atoms with Gasteiger partial charge in [-0.3, -0.25) is 4.79 Å². The molecule has 0 spiro atoms. The number of hydrogen-bond donors (Lipinski definition) is 0. The van der Waals surface area contributed by atoms with Crippen LogP contribution in [0.1, 0.15) is 60.2 Å². The van der Waals surface area contributed by atoms with E-state index in [0.717, 1.165) is 42.3 Å². The number of carbonyl (C=O) groups is 1. The average molecular weight is 410 g/mol. The van der Waals surface area contributed by atoms with Gasteiger partial charge in [-0.05, 0) is 89.6 Å². The number of benzene rings is 1. The van der Waals surface area contributed by atoms with Crippen LogP contribution in [0, 0.1) is 19.8 Å². The maximum atomic E-state index is 13.0. The minimum absolute atomic E-state index is 0.243. The maximum Gasteiger partial charge on any atom is 0.223 e. The van der Waals surface area contributed by atoms with E-state index in [1.807, 2.05) is 13.8 Å². The van der Waals surface area contributed by atoms with Crippen molar-refractivity contribution in [2.75, 3.05) is 20.1 Å². The van der Waals surface area contributed by atoms with E-state index < -0.39 is 0 Å². The van der Waals surface area contributed by atoms with Crippen molar-refractivity contribution >= 4 is 5.91 Å². The predicted molar refractivity (Wildman–Crippen MR) is 118 cm³/mol. The summed E-state index contributed by atoms with van der Waals surface area (Å²) in [6, 6.07) is 9.41. The van der Waals surface area contributed by atoms with Gasteiger partial charge in [0.15, 0.2) is 0 Å². The second-order valence-electron chi connectivity index (χ2n) is 9.32. The van der Waals surface area contributed by atoms with Crippen LogP contribution in [0.2, 0.25) is 0 Å². The number of likely N-dealkylation sites (tertiary alicyclic amines) is 1. The van der Waals surface area contributed by atoms with Crippen molar-refractivity contribution in [1.29, 1.82) is 0 Å². The van der Waals surface area contributed by atoms with Crippen molar-refractivity contribution in [2.24, 2.45) is 5.92 Å². The Morgan fingerprint density at radius 3 is 2.37 bits per heavy atom. The lowest BCUT2D eigenvalue weighted by Gasteiger charge is -2.29. The van der Waals surface area contributed by atoms with E-state index >= 15 is 0 Å². The van der Waals surface area contributed by atoms with Gasteiger partial charge in [0.25, 0.3) is 0 Å². The van der Waals surface area contributed by atoms with Gasteiger partial charge in [0, 0.05) is 24.6 Å². The molecule has 1 saturated carbocycles. The van der Waals surface area contributed by atoms with Crippen LogP contribution in [0.5, 0.6) is 0 Å². The summed E-state index contributed by atoms with van der Waals surface area (Å²) in [5.41, 5.74) is 4.64. The molecule has 1 aliphatic carbocycles. The van der Waals surface area contributed by atoms with Crippen molar-refractivity contribution < 1.29 is 9.32 Å². The molecule has 5 nitrogen and oxygen atoms in total. The van der Waals surface area contributed by atoms with Crippen molar-refractivity contribution in [1.82, 2.24) is 15.0 Å². The molecule has 2 heterocycles. The van der Waals surface area contributed by atoms with Crippen molar-refractivity contribution in [3.63, 3.8) is 0 Å². The van der Waals surface area contributed by atoms with E-state index in [-0.39, 0.29) is 5.91 Å². The molecule has 0 N–H and O–H groups in total. The standard InChI is InChI=1S/C25H35N3O2/c1-18-24(19(2)30-26-18)10-11-25(29)28(23-8-9-23)17-22-6-4-20(5-7-22)16-21-12-14-27(3)15-13-21/h4-7,21,23H,8-17H2,1-3H3. The van der Waals surface area contributed by atoms with Crippen molar-refractivity contribution in [2.45, 2.75) is 71.4 Å². The summed E-state index contributed by atoms with van der Waals surface area (Å²) in [7, 11) is 2.21. The number of rotatable bonds is 8. The molecule has 0 bridgehead atoms. The highest BCUT2D eigenvalue weighted by Gasteiger charge is 2.32. The fourth-order valence-electron chi connectivity index (χ4n) is 4.62. The SMILES string of the molecule is Cc1noc(C)c1CCC(=O)N(Cc1ccc(CC2CCN(C)CC2)cc1)C1CC1. The first kappa shape index (κ1) is 21.1. The summed E-state index contributed by atoms with van der Waals surface area (Å²) in [6.07, 6.45) is 7.26.